The Bertz CT molecular complexity index is 1060. The number of nitrogens with one attached hydrogen (secondary N) is 2. The molecule has 1 saturated heterocycles. The lowest BCUT2D eigenvalue weighted by atomic mass is 9.85. The van der Waals surface area contributed by atoms with Crippen molar-refractivity contribution in [3.05, 3.63) is 59.8 Å². The minimum absolute atomic E-state index is 0. The molecule has 1 amide bonds. The van der Waals surface area contributed by atoms with Gasteiger partial charge in [-0.05, 0) is 55.8 Å². The van der Waals surface area contributed by atoms with Gasteiger partial charge in [0.15, 0.2) is 0 Å². The second kappa shape index (κ2) is 10.3. The molecule has 2 fully saturated rings. The van der Waals surface area contributed by atoms with Gasteiger partial charge in [0.25, 0.3) is 5.91 Å². The number of hydrogen-bond acceptors (Lipinski definition) is 5. The zero-order valence-electron chi connectivity index (χ0n) is 18.3. The first-order valence-electron chi connectivity index (χ1n) is 11.4. The standard InChI is InChI=1S/C24H30N6O.ClH/c31-24(20-10-22(15-26-13-20)29-8-1-2-9-29)27-14-21-17-30-16-19(6-7-23(30)28-21)12-25-11-18-4-3-5-18;/h6-7,10,13,15-18,25H,1-5,8-9,11-12,14H2,(H,27,31);1H. The van der Waals surface area contributed by atoms with E-state index < -0.39 is 0 Å². The lowest BCUT2D eigenvalue weighted by molar-refractivity contribution is 0.0950. The topological polar surface area (TPSA) is 74.6 Å². The first-order chi connectivity index (χ1) is 15.2. The Morgan fingerprint density at radius 2 is 1.91 bits per heavy atom. The first kappa shape index (κ1) is 22.6. The minimum Gasteiger partial charge on any atom is -0.370 e. The van der Waals surface area contributed by atoms with Crippen LogP contribution in [0.1, 0.15) is 53.7 Å². The Kier molecular flexibility index (Phi) is 7.27. The van der Waals surface area contributed by atoms with Crippen molar-refractivity contribution >= 4 is 29.6 Å². The fourth-order valence-electron chi connectivity index (χ4n) is 4.37. The second-order valence-corrected chi connectivity index (χ2v) is 8.77. The average Bonchev–Trinajstić information content (AvgIpc) is 3.43. The molecule has 8 heteroatoms. The van der Waals surface area contributed by atoms with Gasteiger partial charge in [0.05, 0.1) is 29.7 Å². The van der Waals surface area contributed by atoms with Gasteiger partial charge in [0.2, 0.25) is 0 Å². The minimum atomic E-state index is -0.119. The van der Waals surface area contributed by atoms with E-state index in [9.17, 15) is 4.79 Å². The molecule has 0 atom stereocenters. The van der Waals surface area contributed by atoms with E-state index in [1.54, 1.807) is 6.20 Å². The van der Waals surface area contributed by atoms with Gasteiger partial charge in [-0.2, -0.15) is 0 Å². The number of halogens is 1. The predicted octanol–water partition coefficient (Wildman–Crippen LogP) is 3.57. The van der Waals surface area contributed by atoms with Crippen LogP contribution in [0.4, 0.5) is 5.69 Å². The number of hydrogen-bond donors (Lipinski definition) is 2. The van der Waals surface area contributed by atoms with Gasteiger partial charge in [0.1, 0.15) is 5.65 Å². The van der Waals surface area contributed by atoms with Gasteiger partial charge in [-0.1, -0.05) is 12.5 Å². The van der Waals surface area contributed by atoms with Crippen LogP contribution in [0.2, 0.25) is 0 Å². The van der Waals surface area contributed by atoms with Crippen LogP contribution in [0, 0.1) is 5.92 Å². The number of nitrogens with zero attached hydrogens (tertiary/aromatic N) is 4. The van der Waals surface area contributed by atoms with Crippen molar-refractivity contribution in [3.63, 3.8) is 0 Å². The zero-order chi connectivity index (χ0) is 21.0. The molecule has 2 aliphatic rings. The van der Waals surface area contributed by atoms with Crippen LogP contribution in [-0.2, 0) is 13.1 Å². The Balaban J connectivity index is 0.00000245. The van der Waals surface area contributed by atoms with Crippen LogP contribution >= 0.6 is 12.4 Å². The Morgan fingerprint density at radius 3 is 2.69 bits per heavy atom. The number of imidazole rings is 1. The van der Waals surface area contributed by atoms with Crippen LogP contribution < -0.4 is 15.5 Å². The summed E-state index contributed by atoms with van der Waals surface area (Å²) in [5.41, 5.74) is 4.59. The molecular weight excluding hydrogens is 424 g/mol. The highest BCUT2D eigenvalue weighted by Crippen LogP contribution is 2.25. The molecule has 1 aliphatic heterocycles. The van der Waals surface area contributed by atoms with Crippen molar-refractivity contribution in [3.8, 4) is 0 Å². The quantitative estimate of drug-likeness (QED) is 0.544. The van der Waals surface area contributed by atoms with E-state index >= 15 is 0 Å². The van der Waals surface area contributed by atoms with E-state index in [1.165, 1.54) is 37.7 Å². The molecule has 4 heterocycles. The maximum Gasteiger partial charge on any atom is 0.253 e. The number of rotatable bonds is 8. The van der Waals surface area contributed by atoms with Crippen molar-refractivity contribution < 1.29 is 4.79 Å². The number of carbonyl (C=O) groups is 1. The maximum absolute atomic E-state index is 12.6. The normalized spacial score (nSPS) is 16.1. The lowest BCUT2D eigenvalue weighted by Gasteiger charge is -2.25. The molecule has 2 N–H and O–H groups in total. The monoisotopic (exact) mass is 454 g/mol. The molecular formula is C24H31ClN6O. The number of pyridine rings is 2. The van der Waals surface area contributed by atoms with Gasteiger partial charge in [0, 0.05) is 38.2 Å². The number of carbonyl (C=O) groups excluding carboxylic acids is 1. The van der Waals surface area contributed by atoms with E-state index in [1.807, 2.05) is 28.9 Å². The van der Waals surface area contributed by atoms with Crippen LogP contribution in [0.25, 0.3) is 5.65 Å². The van der Waals surface area contributed by atoms with Gasteiger partial charge < -0.3 is 19.9 Å². The summed E-state index contributed by atoms with van der Waals surface area (Å²) in [4.78, 5) is 23.8. The molecule has 0 unspecified atom stereocenters. The fraction of sp³-hybridized carbons (Fsp3) is 0.458. The molecule has 1 aliphatic carbocycles. The molecule has 3 aromatic heterocycles. The number of anilines is 1. The van der Waals surface area contributed by atoms with Crippen molar-refractivity contribution in [1.29, 1.82) is 0 Å². The number of amides is 1. The van der Waals surface area contributed by atoms with Crippen LogP contribution in [0.3, 0.4) is 0 Å². The third-order valence-corrected chi connectivity index (χ3v) is 6.44. The van der Waals surface area contributed by atoms with E-state index in [4.69, 9.17) is 0 Å². The predicted molar refractivity (Wildman–Crippen MR) is 128 cm³/mol. The van der Waals surface area contributed by atoms with Crippen molar-refractivity contribution in [2.45, 2.75) is 45.2 Å². The maximum atomic E-state index is 12.6. The van der Waals surface area contributed by atoms with Crippen LogP contribution in [0.15, 0.2) is 43.0 Å². The average molecular weight is 455 g/mol. The van der Waals surface area contributed by atoms with Crippen molar-refractivity contribution in [1.82, 2.24) is 25.0 Å². The van der Waals surface area contributed by atoms with Gasteiger partial charge in [-0.15, -0.1) is 12.4 Å². The van der Waals surface area contributed by atoms with E-state index in [2.05, 4.69) is 37.8 Å². The summed E-state index contributed by atoms with van der Waals surface area (Å²) in [7, 11) is 0. The third-order valence-electron chi connectivity index (χ3n) is 6.44. The molecule has 0 spiro atoms. The molecule has 7 nitrogen and oxygen atoms in total. The van der Waals surface area contributed by atoms with Gasteiger partial charge in [-0.3, -0.25) is 9.78 Å². The lowest BCUT2D eigenvalue weighted by Crippen LogP contribution is -2.26. The second-order valence-electron chi connectivity index (χ2n) is 8.77. The summed E-state index contributed by atoms with van der Waals surface area (Å²) in [5, 5.41) is 6.54. The summed E-state index contributed by atoms with van der Waals surface area (Å²) in [6.07, 6.45) is 14.1. The Hall–Kier alpha value is -2.64. The molecule has 0 aromatic carbocycles. The van der Waals surface area contributed by atoms with E-state index in [-0.39, 0.29) is 18.3 Å². The van der Waals surface area contributed by atoms with Gasteiger partial charge in [-0.25, -0.2) is 4.98 Å². The summed E-state index contributed by atoms with van der Waals surface area (Å²) >= 11 is 0. The molecule has 32 heavy (non-hydrogen) atoms. The van der Waals surface area contributed by atoms with Crippen LogP contribution in [0.5, 0.6) is 0 Å². The highest BCUT2D eigenvalue weighted by molar-refractivity contribution is 5.94. The summed E-state index contributed by atoms with van der Waals surface area (Å²) < 4.78 is 2.04. The number of aromatic nitrogens is 3. The SMILES string of the molecule is Cl.O=C(NCc1cn2cc(CNCC3CCC3)ccc2n1)c1cncc(N2CCCC2)c1. The molecule has 3 aromatic rings. The highest BCUT2D eigenvalue weighted by Gasteiger charge is 2.17. The fourth-order valence-corrected chi connectivity index (χ4v) is 4.37. The molecule has 0 radical (unpaired) electrons. The summed E-state index contributed by atoms with van der Waals surface area (Å²) in [5.74, 6) is 0.741. The number of fused-ring (bicyclic) bond motifs is 1. The summed E-state index contributed by atoms with van der Waals surface area (Å²) in [6.45, 7) is 4.44. The summed E-state index contributed by atoms with van der Waals surface area (Å²) in [6, 6.07) is 6.09. The highest BCUT2D eigenvalue weighted by atomic mass is 35.5. The van der Waals surface area contributed by atoms with Gasteiger partial charge >= 0.3 is 0 Å². The zero-order valence-corrected chi connectivity index (χ0v) is 19.1. The molecule has 170 valence electrons. The molecule has 0 bridgehead atoms. The molecule has 1 saturated carbocycles. The Labute approximate surface area is 195 Å². The third kappa shape index (κ3) is 5.22. The van der Waals surface area contributed by atoms with Crippen LogP contribution in [-0.4, -0.2) is 39.9 Å². The van der Waals surface area contributed by atoms with Crippen molar-refractivity contribution in [2.75, 3.05) is 24.5 Å². The Morgan fingerprint density at radius 1 is 1.06 bits per heavy atom. The van der Waals surface area contributed by atoms with E-state index in [0.717, 1.165) is 49.1 Å². The smallest absolute Gasteiger partial charge is 0.253 e. The molecule has 5 rings (SSSR count). The van der Waals surface area contributed by atoms with E-state index in [0.29, 0.717) is 12.1 Å². The first-order valence-corrected chi connectivity index (χ1v) is 11.4. The van der Waals surface area contributed by atoms with Crippen molar-refractivity contribution in [2.24, 2.45) is 5.92 Å². The largest absolute Gasteiger partial charge is 0.370 e.